The lowest BCUT2D eigenvalue weighted by atomic mass is 10.0. The Kier molecular flexibility index (Phi) is 4.31. The van der Waals surface area contributed by atoms with E-state index in [1.54, 1.807) is 12.1 Å². The van der Waals surface area contributed by atoms with E-state index in [0.717, 1.165) is 16.8 Å². The Balaban J connectivity index is 2.23. The Hall–Kier alpha value is -2.78. The summed E-state index contributed by atoms with van der Waals surface area (Å²) in [5, 5.41) is 0.610. The lowest BCUT2D eigenvalue weighted by molar-refractivity contribution is 1.47. The fraction of sp³-hybridized carbons (Fsp3) is 0. The van der Waals surface area contributed by atoms with Gasteiger partial charge in [-0.1, -0.05) is 54.1 Å². The number of hydrogen-bond donors (Lipinski definition) is 2. The first-order valence-electron chi connectivity index (χ1n) is 7.19. The molecule has 0 spiro atoms. The van der Waals surface area contributed by atoms with Crippen LogP contribution in [-0.2, 0) is 0 Å². The number of nitrogen functional groups attached to an aromatic ring is 2. The topological polar surface area (TPSA) is 64.4 Å². The number of anilines is 2. The SMILES string of the molecule is Nc1ccccc1N=C(c1ccccc1)c1cc(Cl)ccc1N. The van der Waals surface area contributed by atoms with Crippen molar-refractivity contribution in [2.24, 2.45) is 4.99 Å². The third kappa shape index (κ3) is 3.35. The van der Waals surface area contributed by atoms with Gasteiger partial charge in [-0.2, -0.15) is 0 Å². The third-order valence-electron chi connectivity index (χ3n) is 3.49. The molecular formula is C19H16ClN3. The molecule has 0 fully saturated rings. The van der Waals surface area contributed by atoms with Gasteiger partial charge in [-0.25, -0.2) is 4.99 Å². The van der Waals surface area contributed by atoms with Gasteiger partial charge in [0, 0.05) is 21.8 Å². The van der Waals surface area contributed by atoms with Gasteiger partial charge in [-0.3, -0.25) is 0 Å². The summed E-state index contributed by atoms with van der Waals surface area (Å²) in [6.07, 6.45) is 0. The minimum Gasteiger partial charge on any atom is -0.398 e. The highest BCUT2D eigenvalue weighted by Gasteiger charge is 2.12. The van der Waals surface area contributed by atoms with Gasteiger partial charge in [0.2, 0.25) is 0 Å². The first kappa shape index (κ1) is 15.1. The number of halogens is 1. The van der Waals surface area contributed by atoms with E-state index in [2.05, 4.69) is 0 Å². The van der Waals surface area contributed by atoms with E-state index < -0.39 is 0 Å². The summed E-state index contributed by atoms with van der Waals surface area (Å²) in [6, 6.07) is 22.7. The molecule has 3 aromatic rings. The van der Waals surface area contributed by atoms with Crippen molar-refractivity contribution in [3.63, 3.8) is 0 Å². The van der Waals surface area contributed by atoms with Crippen LogP contribution in [0.1, 0.15) is 11.1 Å². The van der Waals surface area contributed by atoms with Crippen LogP contribution in [0.15, 0.2) is 77.8 Å². The molecular weight excluding hydrogens is 306 g/mol. The molecule has 4 heteroatoms. The largest absolute Gasteiger partial charge is 0.398 e. The van der Waals surface area contributed by atoms with Gasteiger partial charge in [0.25, 0.3) is 0 Å². The molecule has 0 aliphatic heterocycles. The van der Waals surface area contributed by atoms with Crippen LogP contribution in [0.2, 0.25) is 5.02 Å². The van der Waals surface area contributed by atoms with E-state index in [0.29, 0.717) is 22.1 Å². The van der Waals surface area contributed by atoms with Crippen molar-refractivity contribution >= 4 is 34.4 Å². The Labute approximate surface area is 140 Å². The van der Waals surface area contributed by atoms with E-state index in [-0.39, 0.29) is 0 Å². The van der Waals surface area contributed by atoms with E-state index >= 15 is 0 Å². The summed E-state index contributed by atoms with van der Waals surface area (Å²) in [5.74, 6) is 0. The minimum absolute atomic E-state index is 0.610. The summed E-state index contributed by atoms with van der Waals surface area (Å²) in [7, 11) is 0. The van der Waals surface area contributed by atoms with Crippen molar-refractivity contribution in [3.8, 4) is 0 Å². The van der Waals surface area contributed by atoms with Crippen LogP contribution in [0.4, 0.5) is 17.1 Å². The van der Waals surface area contributed by atoms with Crippen molar-refractivity contribution in [1.82, 2.24) is 0 Å². The Morgan fingerprint density at radius 1 is 0.783 bits per heavy atom. The summed E-state index contributed by atoms with van der Waals surface area (Å²) in [5.41, 5.74) is 16.6. The number of hydrogen-bond acceptors (Lipinski definition) is 3. The molecule has 0 aromatic heterocycles. The molecule has 0 aliphatic carbocycles. The Morgan fingerprint density at radius 3 is 2.22 bits per heavy atom. The molecule has 0 unspecified atom stereocenters. The van der Waals surface area contributed by atoms with Gasteiger partial charge in [0.05, 0.1) is 17.1 Å². The highest BCUT2D eigenvalue weighted by Crippen LogP contribution is 2.27. The Bertz CT molecular complexity index is 857. The fourth-order valence-electron chi connectivity index (χ4n) is 2.32. The van der Waals surface area contributed by atoms with Crippen molar-refractivity contribution in [1.29, 1.82) is 0 Å². The Morgan fingerprint density at radius 2 is 1.48 bits per heavy atom. The van der Waals surface area contributed by atoms with Crippen LogP contribution in [0.25, 0.3) is 0 Å². The van der Waals surface area contributed by atoms with E-state index in [1.165, 1.54) is 0 Å². The number of benzene rings is 3. The molecule has 0 saturated heterocycles. The minimum atomic E-state index is 0.610. The monoisotopic (exact) mass is 321 g/mol. The van der Waals surface area contributed by atoms with Crippen LogP contribution in [-0.4, -0.2) is 5.71 Å². The van der Waals surface area contributed by atoms with Crippen molar-refractivity contribution in [2.45, 2.75) is 0 Å². The third-order valence-corrected chi connectivity index (χ3v) is 3.72. The maximum absolute atomic E-state index is 6.15. The van der Waals surface area contributed by atoms with E-state index in [9.17, 15) is 0 Å². The van der Waals surface area contributed by atoms with Gasteiger partial charge >= 0.3 is 0 Å². The average Bonchev–Trinajstić information content (AvgIpc) is 2.57. The van der Waals surface area contributed by atoms with E-state index in [1.807, 2.05) is 60.7 Å². The predicted molar refractivity (Wildman–Crippen MR) is 98.5 cm³/mol. The lowest BCUT2D eigenvalue weighted by Gasteiger charge is -2.11. The van der Waals surface area contributed by atoms with Crippen LogP contribution in [0, 0.1) is 0 Å². The van der Waals surface area contributed by atoms with Gasteiger partial charge in [-0.05, 0) is 30.3 Å². The molecule has 0 amide bonds. The fourth-order valence-corrected chi connectivity index (χ4v) is 2.49. The molecule has 4 N–H and O–H groups in total. The molecule has 0 bridgehead atoms. The van der Waals surface area contributed by atoms with Gasteiger partial charge in [-0.15, -0.1) is 0 Å². The molecule has 0 radical (unpaired) electrons. The molecule has 0 heterocycles. The zero-order valence-electron chi connectivity index (χ0n) is 12.4. The number of aliphatic imine (C=N–C) groups is 1. The molecule has 23 heavy (non-hydrogen) atoms. The summed E-state index contributed by atoms with van der Waals surface area (Å²) in [6.45, 7) is 0. The summed E-state index contributed by atoms with van der Waals surface area (Å²) >= 11 is 6.15. The van der Waals surface area contributed by atoms with Crippen LogP contribution in [0.3, 0.4) is 0 Å². The average molecular weight is 322 g/mol. The molecule has 3 nitrogen and oxygen atoms in total. The number of nitrogens with two attached hydrogens (primary N) is 2. The van der Waals surface area contributed by atoms with Crippen molar-refractivity contribution < 1.29 is 0 Å². The van der Waals surface area contributed by atoms with Gasteiger partial charge in [0.15, 0.2) is 0 Å². The second-order valence-electron chi connectivity index (χ2n) is 5.12. The molecule has 3 rings (SSSR count). The normalized spacial score (nSPS) is 11.4. The predicted octanol–water partition coefficient (Wildman–Crippen LogP) is 4.67. The maximum atomic E-state index is 6.15. The van der Waals surface area contributed by atoms with Crippen LogP contribution >= 0.6 is 11.6 Å². The van der Waals surface area contributed by atoms with Crippen LogP contribution in [0.5, 0.6) is 0 Å². The standard InChI is InChI=1S/C19H16ClN3/c20-14-10-11-16(21)15(12-14)19(13-6-2-1-3-7-13)23-18-9-5-4-8-17(18)22/h1-12H,21-22H2. The maximum Gasteiger partial charge on any atom is 0.0866 e. The van der Waals surface area contributed by atoms with E-state index in [4.69, 9.17) is 28.1 Å². The zero-order valence-corrected chi connectivity index (χ0v) is 13.2. The molecule has 0 atom stereocenters. The summed E-state index contributed by atoms with van der Waals surface area (Å²) < 4.78 is 0. The van der Waals surface area contributed by atoms with Crippen molar-refractivity contribution in [3.05, 3.63) is 88.9 Å². The first-order chi connectivity index (χ1) is 11.1. The zero-order chi connectivity index (χ0) is 16.2. The number of rotatable bonds is 3. The molecule has 114 valence electrons. The smallest absolute Gasteiger partial charge is 0.0866 e. The number of para-hydroxylation sites is 2. The lowest BCUT2D eigenvalue weighted by Crippen LogP contribution is -2.07. The summed E-state index contributed by atoms with van der Waals surface area (Å²) in [4.78, 5) is 4.75. The second-order valence-corrected chi connectivity index (χ2v) is 5.55. The van der Waals surface area contributed by atoms with Crippen molar-refractivity contribution in [2.75, 3.05) is 11.5 Å². The number of nitrogens with zero attached hydrogens (tertiary/aromatic N) is 1. The van der Waals surface area contributed by atoms with Crippen LogP contribution < -0.4 is 11.5 Å². The van der Waals surface area contributed by atoms with Gasteiger partial charge in [0.1, 0.15) is 0 Å². The second kappa shape index (κ2) is 6.55. The molecule has 0 saturated carbocycles. The molecule has 0 aliphatic rings. The quantitative estimate of drug-likeness (QED) is 0.543. The highest BCUT2D eigenvalue weighted by molar-refractivity contribution is 6.31. The molecule has 3 aromatic carbocycles. The first-order valence-corrected chi connectivity index (χ1v) is 7.57. The van der Waals surface area contributed by atoms with Gasteiger partial charge < -0.3 is 11.5 Å². The highest BCUT2D eigenvalue weighted by atomic mass is 35.5.